The lowest BCUT2D eigenvalue weighted by Gasteiger charge is -1.97. The van der Waals surface area contributed by atoms with Crippen molar-refractivity contribution in [2.24, 2.45) is 11.8 Å². The number of hydrogen-bond acceptors (Lipinski definition) is 4. The number of carbonyl (C=O) groups excluding carboxylic acids is 2. The van der Waals surface area contributed by atoms with Gasteiger partial charge in [0.1, 0.15) is 0 Å². The maximum Gasteiger partial charge on any atom is 0.330 e. The van der Waals surface area contributed by atoms with Gasteiger partial charge >= 0.3 is 11.9 Å². The van der Waals surface area contributed by atoms with E-state index < -0.39 is 0 Å². The zero-order valence-corrected chi connectivity index (χ0v) is 8.36. The highest BCUT2D eigenvalue weighted by Crippen LogP contribution is 2.40. The van der Waals surface area contributed by atoms with Gasteiger partial charge in [-0.15, -0.1) is 0 Å². The molecular weight excluding hydrogens is 184 g/mol. The quantitative estimate of drug-likeness (QED) is 0.497. The molecule has 0 aromatic heterocycles. The van der Waals surface area contributed by atoms with Gasteiger partial charge in [0.2, 0.25) is 0 Å². The van der Waals surface area contributed by atoms with Crippen LogP contribution in [0.5, 0.6) is 0 Å². The van der Waals surface area contributed by atoms with Gasteiger partial charge in [0.15, 0.2) is 0 Å². The maximum absolute atomic E-state index is 11.2. The number of methoxy groups -OCH3 is 1. The van der Waals surface area contributed by atoms with Gasteiger partial charge in [-0.25, -0.2) is 4.79 Å². The highest BCUT2D eigenvalue weighted by atomic mass is 16.5. The van der Waals surface area contributed by atoms with Crippen molar-refractivity contribution < 1.29 is 19.1 Å². The third-order valence-corrected chi connectivity index (χ3v) is 2.11. The third-order valence-electron chi connectivity index (χ3n) is 2.11. The molecule has 0 amide bonds. The first kappa shape index (κ1) is 10.8. The summed E-state index contributed by atoms with van der Waals surface area (Å²) >= 11 is 0. The van der Waals surface area contributed by atoms with Gasteiger partial charge in [0.25, 0.3) is 0 Å². The van der Waals surface area contributed by atoms with Gasteiger partial charge in [0.05, 0.1) is 19.6 Å². The third kappa shape index (κ3) is 2.87. The Morgan fingerprint density at radius 3 is 2.79 bits per heavy atom. The predicted octanol–water partition coefficient (Wildman–Crippen LogP) is 0.915. The van der Waals surface area contributed by atoms with Gasteiger partial charge < -0.3 is 9.47 Å². The standard InChI is InChI=1S/C10H14O4/c1-3-14-10(12)8-6-7(8)4-5-9(11)13-2/h4-5,7-8H,3,6H2,1-2H3. The Hall–Kier alpha value is -1.32. The summed E-state index contributed by atoms with van der Waals surface area (Å²) in [4.78, 5) is 21.9. The van der Waals surface area contributed by atoms with E-state index in [1.807, 2.05) is 0 Å². The van der Waals surface area contributed by atoms with Gasteiger partial charge in [-0.3, -0.25) is 4.79 Å². The number of allylic oxidation sites excluding steroid dienone is 1. The normalized spacial score (nSPS) is 24.7. The first-order valence-corrected chi connectivity index (χ1v) is 4.61. The number of ether oxygens (including phenoxy) is 2. The van der Waals surface area contributed by atoms with E-state index in [-0.39, 0.29) is 23.8 Å². The number of rotatable bonds is 4. The van der Waals surface area contributed by atoms with Crippen LogP contribution in [0.1, 0.15) is 13.3 Å². The summed E-state index contributed by atoms with van der Waals surface area (Å²) in [6, 6.07) is 0. The van der Waals surface area contributed by atoms with Crippen molar-refractivity contribution >= 4 is 11.9 Å². The van der Waals surface area contributed by atoms with E-state index in [0.717, 1.165) is 6.42 Å². The Bertz CT molecular complexity index is 257. The summed E-state index contributed by atoms with van der Waals surface area (Å²) in [5.41, 5.74) is 0. The van der Waals surface area contributed by atoms with Crippen molar-refractivity contribution in [2.75, 3.05) is 13.7 Å². The summed E-state index contributed by atoms with van der Waals surface area (Å²) in [6.07, 6.45) is 3.82. The van der Waals surface area contributed by atoms with Crippen LogP contribution in [0.15, 0.2) is 12.2 Å². The predicted molar refractivity (Wildman–Crippen MR) is 49.4 cm³/mol. The second-order valence-corrected chi connectivity index (χ2v) is 3.14. The van der Waals surface area contributed by atoms with Crippen LogP contribution < -0.4 is 0 Å². The Morgan fingerprint density at radius 2 is 2.21 bits per heavy atom. The van der Waals surface area contributed by atoms with Crippen molar-refractivity contribution in [2.45, 2.75) is 13.3 Å². The molecule has 0 saturated heterocycles. The van der Waals surface area contributed by atoms with Crippen molar-refractivity contribution in [1.82, 2.24) is 0 Å². The zero-order chi connectivity index (χ0) is 10.6. The van der Waals surface area contributed by atoms with Gasteiger partial charge in [-0.2, -0.15) is 0 Å². The molecule has 0 aromatic carbocycles. The van der Waals surface area contributed by atoms with Gasteiger partial charge in [-0.1, -0.05) is 6.08 Å². The molecule has 14 heavy (non-hydrogen) atoms. The molecule has 0 spiro atoms. The van der Waals surface area contributed by atoms with Crippen molar-refractivity contribution in [3.05, 3.63) is 12.2 Å². The van der Waals surface area contributed by atoms with E-state index in [9.17, 15) is 9.59 Å². The van der Waals surface area contributed by atoms with Crippen LogP contribution in [0, 0.1) is 11.8 Å². The molecule has 1 aliphatic carbocycles. The monoisotopic (exact) mass is 198 g/mol. The van der Waals surface area contributed by atoms with Gasteiger partial charge in [0, 0.05) is 6.08 Å². The summed E-state index contributed by atoms with van der Waals surface area (Å²) in [5, 5.41) is 0. The minimum absolute atomic E-state index is 0.0594. The lowest BCUT2D eigenvalue weighted by Crippen LogP contribution is -2.07. The molecule has 1 saturated carbocycles. The molecule has 0 bridgehead atoms. The van der Waals surface area contributed by atoms with E-state index >= 15 is 0 Å². The van der Waals surface area contributed by atoms with Crippen LogP contribution in [0.2, 0.25) is 0 Å². The van der Waals surface area contributed by atoms with Crippen LogP contribution in [-0.2, 0) is 19.1 Å². The molecule has 78 valence electrons. The summed E-state index contributed by atoms with van der Waals surface area (Å²) in [7, 11) is 1.32. The van der Waals surface area contributed by atoms with E-state index in [1.54, 1.807) is 13.0 Å². The molecule has 0 aliphatic heterocycles. The first-order chi connectivity index (χ1) is 6.69. The summed E-state index contributed by atoms with van der Waals surface area (Å²) < 4.78 is 9.27. The molecule has 0 radical (unpaired) electrons. The number of carbonyl (C=O) groups is 2. The second-order valence-electron chi connectivity index (χ2n) is 3.14. The smallest absolute Gasteiger partial charge is 0.330 e. The Kier molecular flexibility index (Phi) is 3.68. The van der Waals surface area contributed by atoms with E-state index in [0.29, 0.717) is 6.61 Å². The molecular formula is C10H14O4. The molecule has 1 rings (SSSR count). The molecule has 1 fully saturated rings. The van der Waals surface area contributed by atoms with Crippen LogP contribution in [-0.4, -0.2) is 25.7 Å². The largest absolute Gasteiger partial charge is 0.466 e. The lowest BCUT2D eigenvalue weighted by molar-refractivity contribution is -0.145. The topological polar surface area (TPSA) is 52.6 Å². The molecule has 2 atom stereocenters. The van der Waals surface area contributed by atoms with E-state index in [1.165, 1.54) is 13.2 Å². The highest BCUT2D eigenvalue weighted by Gasteiger charge is 2.42. The molecule has 0 aromatic rings. The molecule has 1 aliphatic rings. The lowest BCUT2D eigenvalue weighted by atomic mass is 10.3. The van der Waals surface area contributed by atoms with E-state index in [4.69, 9.17) is 4.74 Å². The van der Waals surface area contributed by atoms with E-state index in [2.05, 4.69) is 4.74 Å². The van der Waals surface area contributed by atoms with Crippen LogP contribution in [0.3, 0.4) is 0 Å². The average molecular weight is 198 g/mol. The first-order valence-electron chi connectivity index (χ1n) is 4.61. The Balaban J connectivity index is 2.29. The van der Waals surface area contributed by atoms with Crippen LogP contribution in [0.25, 0.3) is 0 Å². The fourth-order valence-corrected chi connectivity index (χ4v) is 1.22. The molecule has 2 unspecified atom stereocenters. The minimum atomic E-state index is -0.389. The highest BCUT2D eigenvalue weighted by molar-refractivity contribution is 5.82. The van der Waals surface area contributed by atoms with Crippen LogP contribution in [0.4, 0.5) is 0 Å². The minimum Gasteiger partial charge on any atom is -0.466 e. The van der Waals surface area contributed by atoms with Crippen molar-refractivity contribution in [1.29, 1.82) is 0 Å². The molecule has 0 N–H and O–H groups in total. The second kappa shape index (κ2) is 4.79. The SMILES string of the molecule is CCOC(=O)C1CC1C=CC(=O)OC. The fourth-order valence-electron chi connectivity index (χ4n) is 1.22. The fraction of sp³-hybridized carbons (Fsp3) is 0.600. The molecule has 0 heterocycles. The van der Waals surface area contributed by atoms with Crippen LogP contribution >= 0.6 is 0 Å². The van der Waals surface area contributed by atoms with Gasteiger partial charge in [-0.05, 0) is 19.3 Å². The Morgan fingerprint density at radius 1 is 1.50 bits per heavy atom. The van der Waals surface area contributed by atoms with Crippen molar-refractivity contribution in [3.8, 4) is 0 Å². The Labute approximate surface area is 82.9 Å². The average Bonchev–Trinajstić information content (AvgIpc) is 2.94. The molecule has 4 nitrogen and oxygen atoms in total. The summed E-state index contributed by atoms with van der Waals surface area (Å²) in [6.45, 7) is 2.18. The zero-order valence-electron chi connectivity index (χ0n) is 8.36. The summed E-state index contributed by atoms with van der Waals surface area (Å²) in [5.74, 6) is -0.476. The maximum atomic E-state index is 11.2. The number of esters is 2. The molecule has 4 heteroatoms. The number of hydrogen-bond donors (Lipinski definition) is 0. The van der Waals surface area contributed by atoms with Crippen molar-refractivity contribution in [3.63, 3.8) is 0 Å².